The molecule has 1 saturated heterocycles. The van der Waals surface area contributed by atoms with Crippen LogP contribution < -0.4 is 0 Å². The van der Waals surface area contributed by atoms with E-state index in [2.05, 4.69) is 0 Å². The van der Waals surface area contributed by atoms with Crippen molar-refractivity contribution < 1.29 is 34.8 Å². The van der Waals surface area contributed by atoms with E-state index >= 15 is 0 Å². The monoisotopic (exact) mass is 196 g/mol. The Morgan fingerprint density at radius 3 is 1.15 bits per heavy atom. The Morgan fingerprint density at radius 2 is 1.08 bits per heavy atom. The molecule has 0 aromatic carbocycles. The molecule has 0 bridgehead atoms. The van der Waals surface area contributed by atoms with Gasteiger partial charge in [0.05, 0.1) is 0 Å². The molecule has 0 aromatic rings. The van der Waals surface area contributed by atoms with Gasteiger partial charge in [0.2, 0.25) is 0 Å². The molecule has 0 unspecified atom stereocenters. The van der Waals surface area contributed by atoms with Crippen molar-refractivity contribution in [2.75, 3.05) is 13.2 Å². The van der Waals surface area contributed by atoms with Crippen LogP contribution in [0.5, 0.6) is 0 Å². The molecule has 0 aliphatic carbocycles. The Bertz CT molecular complexity index is 112. The van der Waals surface area contributed by atoms with Gasteiger partial charge in [-0.05, 0) is 12.8 Å². The highest BCUT2D eigenvalue weighted by atomic mass is 16.6. The van der Waals surface area contributed by atoms with Gasteiger partial charge in [-0.3, -0.25) is 0 Å². The van der Waals surface area contributed by atoms with E-state index in [0.717, 1.165) is 13.2 Å². The first-order valence-corrected chi connectivity index (χ1v) is 3.38. The van der Waals surface area contributed by atoms with Gasteiger partial charge in [0.25, 0.3) is 0 Å². The molecule has 0 spiro atoms. The minimum Gasteiger partial charge on any atom is -0.450 e. The van der Waals surface area contributed by atoms with Gasteiger partial charge in [0.1, 0.15) is 0 Å². The van der Waals surface area contributed by atoms with Crippen molar-refractivity contribution in [1.82, 2.24) is 0 Å². The molecular weight excluding hydrogens is 184 g/mol. The fraction of sp³-hybridized carbons (Fsp3) is 0.667. The van der Waals surface area contributed by atoms with Crippen molar-refractivity contribution in [3.05, 3.63) is 0 Å². The topological polar surface area (TPSA) is 124 Å². The average molecular weight is 196 g/mol. The lowest BCUT2D eigenvalue weighted by Crippen LogP contribution is -1.81. The van der Waals surface area contributed by atoms with Gasteiger partial charge in [-0.1, -0.05) is 0 Å². The largest absolute Gasteiger partial charge is 0.503 e. The van der Waals surface area contributed by atoms with Gasteiger partial charge in [0, 0.05) is 13.2 Å². The summed E-state index contributed by atoms with van der Waals surface area (Å²) in [4.78, 5) is 17.1. The number of hydrogen-bond acceptors (Lipinski definition) is 3. The quantitative estimate of drug-likeness (QED) is 0.459. The predicted molar refractivity (Wildman–Crippen MR) is 41.4 cm³/mol. The SMILES string of the molecule is C1CCOC1.O=C(O)O.O=C(O)O. The molecule has 0 saturated carbocycles. The minimum absolute atomic E-state index is 1.00. The van der Waals surface area contributed by atoms with E-state index in [1.54, 1.807) is 0 Å². The number of hydrogen-bond donors (Lipinski definition) is 4. The van der Waals surface area contributed by atoms with Crippen molar-refractivity contribution in [2.45, 2.75) is 12.8 Å². The maximum atomic E-state index is 8.56. The molecule has 0 radical (unpaired) electrons. The number of carboxylic acid groups (broad SMARTS) is 4. The van der Waals surface area contributed by atoms with Crippen LogP contribution in [0.3, 0.4) is 0 Å². The van der Waals surface area contributed by atoms with Gasteiger partial charge in [-0.15, -0.1) is 0 Å². The molecule has 0 amide bonds. The maximum absolute atomic E-state index is 8.56. The third-order valence-electron chi connectivity index (χ3n) is 0.827. The first-order valence-electron chi connectivity index (χ1n) is 3.38. The van der Waals surface area contributed by atoms with E-state index in [0.29, 0.717) is 0 Å². The van der Waals surface area contributed by atoms with Crippen LogP contribution in [0.4, 0.5) is 9.59 Å². The zero-order valence-electron chi connectivity index (χ0n) is 6.84. The standard InChI is InChI=1S/C4H8O.2CH2O3/c1-2-4-5-3-1;2*2-1(3)4/h1-4H2;2*(H2,2,3,4). The minimum atomic E-state index is -1.83. The molecule has 78 valence electrons. The Labute approximate surface area is 74.2 Å². The summed E-state index contributed by atoms with van der Waals surface area (Å²) in [6.07, 6.45) is -1.11. The predicted octanol–water partition coefficient (Wildman–Crippen LogP) is 1.24. The van der Waals surface area contributed by atoms with Crippen molar-refractivity contribution in [2.24, 2.45) is 0 Å². The van der Waals surface area contributed by atoms with Crippen LogP contribution in [0.1, 0.15) is 12.8 Å². The van der Waals surface area contributed by atoms with Crippen LogP contribution in [-0.4, -0.2) is 46.0 Å². The summed E-state index contributed by atoms with van der Waals surface area (Å²) in [5.41, 5.74) is 0. The fourth-order valence-electron chi connectivity index (χ4n) is 0.510. The lowest BCUT2D eigenvalue weighted by Gasteiger charge is -1.76. The smallest absolute Gasteiger partial charge is 0.450 e. The van der Waals surface area contributed by atoms with Crippen molar-refractivity contribution in [3.8, 4) is 0 Å². The molecule has 1 rings (SSSR count). The molecule has 7 nitrogen and oxygen atoms in total. The van der Waals surface area contributed by atoms with Gasteiger partial charge in [-0.2, -0.15) is 0 Å². The second kappa shape index (κ2) is 10.5. The first-order chi connectivity index (χ1) is 5.96. The second-order valence-electron chi connectivity index (χ2n) is 1.88. The zero-order valence-corrected chi connectivity index (χ0v) is 6.84. The molecule has 4 N–H and O–H groups in total. The summed E-state index contributed by atoms with van der Waals surface area (Å²) >= 11 is 0. The normalized spacial score (nSPS) is 12.9. The second-order valence-corrected chi connectivity index (χ2v) is 1.88. The molecule has 0 aromatic heterocycles. The van der Waals surface area contributed by atoms with Crippen LogP contribution in [0.15, 0.2) is 0 Å². The van der Waals surface area contributed by atoms with Crippen LogP contribution in [0, 0.1) is 0 Å². The molecule has 0 atom stereocenters. The van der Waals surface area contributed by atoms with E-state index in [9.17, 15) is 0 Å². The number of ether oxygens (including phenoxy) is 1. The average Bonchev–Trinajstić information content (AvgIpc) is 2.35. The molecule has 1 fully saturated rings. The van der Waals surface area contributed by atoms with E-state index in [1.807, 2.05) is 0 Å². The Hall–Kier alpha value is -1.50. The van der Waals surface area contributed by atoms with Gasteiger partial charge < -0.3 is 25.2 Å². The molecular formula is C6H12O7. The summed E-state index contributed by atoms with van der Waals surface area (Å²) < 4.78 is 4.94. The summed E-state index contributed by atoms with van der Waals surface area (Å²) in [5, 5.41) is 27.9. The third kappa shape index (κ3) is 61.9. The van der Waals surface area contributed by atoms with Gasteiger partial charge in [-0.25, -0.2) is 9.59 Å². The van der Waals surface area contributed by atoms with Crippen LogP contribution in [-0.2, 0) is 4.74 Å². The summed E-state index contributed by atoms with van der Waals surface area (Å²) in [6, 6.07) is 0. The molecule has 7 heteroatoms. The van der Waals surface area contributed by atoms with Crippen molar-refractivity contribution in [3.63, 3.8) is 0 Å². The van der Waals surface area contributed by atoms with E-state index < -0.39 is 12.3 Å². The number of rotatable bonds is 0. The van der Waals surface area contributed by atoms with Crippen LogP contribution in [0.25, 0.3) is 0 Å². The van der Waals surface area contributed by atoms with E-state index in [-0.39, 0.29) is 0 Å². The van der Waals surface area contributed by atoms with Gasteiger partial charge in [0.15, 0.2) is 0 Å². The van der Waals surface area contributed by atoms with Crippen LogP contribution in [0.2, 0.25) is 0 Å². The molecule has 13 heavy (non-hydrogen) atoms. The third-order valence-corrected chi connectivity index (χ3v) is 0.827. The lowest BCUT2D eigenvalue weighted by atomic mass is 10.4. The van der Waals surface area contributed by atoms with Crippen molar-refractivity contribution in [1.29, 1.82) is 0 Å². The molecule has 1 aliphatic heterocycles. The van der Waals surface area contributed by atoms with Crippen LogP contribution >= 0.6 is 0 Å². The first kappa shape index (κ1) is 14.0. The molecule has 1 heterocycles. The molecule has 1 aliphatic rings. The number of carbonyl (C=O) groups is 2. The Morgan fingerprint density at radius 1 is 0.846 bits per heavy atom. The Balaban J connectivity index is 0. The van der Waals surface area contributed by atoms with E-state index in [4.69, 9.17) is 34.8 Å². The summed E-state index contributed by atoms with van der Waals surface area (Å²) in [7, 11) is 0. The van der Waals surface area contributed by atoms with E-state index in [1.165, 1.54) is 12.8 Å². The summed E-state index contributed by atoms with van der Waals surface area (Å²) in [6.45, 7) is 2.00. The summed E-state index contributed by atoms with van der Waals surface area (Å²) in [5.74, 6) is 0. The van der Waals surface area contributed by atoms with Crippen molar-refractivity contribution >= 4 is 12.3 Å². The highest BCUT2D eigenvalue weighted by Gasteiger charge is 1.94. The highest BCUT2D eigenvalue weighted by molar-refractivity contribution is 5.53. The fourth-order valence-corrected chi connectivity index (χ4v) is 0.510. The zero-order chi connectivity index (χ0) is 10.7. The lowest BCUT2D eigenvalue weighted by molar-refractivity contribution is 0.135. The van der Waals surface area contributed by atoms with Gasteiger partial charge >= 0.3 is 12.3 Å². The highest BCUT2D eigenvalue weighted by Crippen LogP contribution is 1.98. The maximum Gasteiger partial charge on any atom is 0.503 e. The Kier molecular flexibility index (Phi) is 11.3.